The molecule has 7 heteroatoms. The Morgan fingerprint density at radius 3 is 2.65 bits per heavy atom. The molecule has 0 saturated heterocycles. The minimum Gasteiger partial charge on any atom is -0.487 e. The lowest BCUT2D eigenvalue weighted by molar-refractivity contribution is -0.137. The fraction of sp³-hybridized carbons (Fsp3) is 0.519. The van der Waals surface area contributed by atoms with Gasteiger partial charge in [0, 0.05) is 6.54 Å². The summed E-state index contributed by atoms with van der Waals surface area (Å²) in [7, 11) is -3.23. The summed E-state index contributed by atoms with van der Waals surface area (Å²) >= 11 is 0. The molecule has 34 heavy (non-hydrogen) atoms. The molecule has 2 aromatic rings. The Labute approximate surface area is 204 Å². The van der Waals surface area contributed by atoms with Gasteiger partial charge in [-0.1, -0.05) is 56.0 Å². The third-order valence-electron chi connectivity index (χ3n) is 7.30. The van der Waals surface area contributed by atoms with Crippen molar-refractivity contribution in [2.75, 3.05) is 6.54 Å². The molecule has 0 amide bonds. The van der Waals surface area contributed by atoms with E-state index in [9.17, 15) is 19.0 Å². The number of rotatable bonds is 8. The first-order valence-electron chi connectivity index (χ1n) is 12.3. The van der Waals surface area contributed by atoms with Gasteiger partial charge in [-0.15, -0.1) is 10.8 Å². The van der Waals surface area contributed by atoms with Gasteiger partial charge in [0.1, 0.15) is 16.7 Å². The van der Waals surface area contributed by atoms with Crippen molar-refractivity contribution >= 4 is 16.7 Å². The first kappa shape index (κ1) is 25.0. The van der Waals surface area contributed by atoms with Crippen molar-refractivity contribution in [3.8, 4) is 5.75 Å². The zero-order valence-corrected chi connectivity index (χ0v) is 21.0. The summed E-state index contributed by atoms with van der Waals surface area (Å²) in [6.45, 7) is 4.68. The minimum atomic E-state index is -3.23. The fourth-order valence-corrected chi connectivity index (χ4v) is 7.01. The van der Waals surface area contributed by atoms with E-state index in [2.05, 4.69) is 6.07 Å². The van der Waals surface area contributed by atoms with Crippen LogP contribution in [0.4, 0.5) is 0 Å². The van der Waals surface area contributed by atoms with Crippen molar-refractivity contribution in [3.63, 3.8) is 0 Å². The molecule has 2 unspecified atom stereocenters. The third-order valence-corrected chi connectivity index (χ3v) is 9.23. The quantitative estimate of drug-likeness (QED) is 0.378. The monoisotopic (exact) mass is 487 g/mol. The van der Waals surface area contributed by atoms with E-state index in [0.29, 0.717) is 29.7 Å². The summed E-state index contributed by atoms with van der Waals surface area (Å²) in [4.78, 5) is 12.0. The molecular weight excluding hydrogens is 450 g/mol. The highest BCUT2D eigenvalue weighted by Gasteiger charge is 2.34. The Morgan fingerprint density at radius 2 is 1.91 bits per heavy atom. The van der Waals surface area contributed by atoms with Crippen molar-refractivity contribution in [1.82, 2.24) is 4.31 Å². The topological polar surface area (TPSA) is 90.2 Å². The van der Waals surface area contributed by atoms with Crippen LogP contribution in [0.3, 0.4) is 0 Å². The number of carboxylic acid groups (broad SMARTS) is 1. The maximum absolute atomic E-state index is 11.6. The molecular formula is C27H37NO5S. The summed E-state index contributed by atoms with van der Waals surface area (Å²) in [6.07, 6.45) is 6.94. The molecule has 4 rings (SSSR count). The number of carboxylic acids is 1. The van der Waals surface area contributed by atoms with Crippen molar-refractivity contribution in [2.24, 2.45) is 5.92 Å². The largest absolute Gasteiger partial charge is 0.487 e. The molecule has 0 radical (unpaired) electrons. The lowest BCUT2D eigenvalue weighted by Gasteiger charge is -2.42. The van der Waals surface area contributed by atoms with Crippen LogP contribution in [0.1, 0.15) is 74.5 Å². The van der Waals surface area contributed by atoms with Gasteiger partial charge in [-0.25, -0.2) is 0 Å². The van der Waals surface area contributed by atoms with Gasteiger partial charge in [0.15, 0.2) is 0 Å². The number of fused-ring (bicyclic) bond motifs is 1. The second-order valence-corrected chi connectivity index (χ2v) is 11.9. The average Bonchev–Trinajstić information content (AvgIpc) is 3.28. The Morgan fingerprint density at radius 1 is 1.18 bits per heavy atom. The summed E-state index contributed by atoms with van der Waals surface area (Å²) < 4.78 is 30.2. The van der Waals surface area contributed by atoms with Crippen LogP contribution in [0.15, 0.2) is 47.4 Å². The summed E-state index contributed by atoms with van der Waals surface area (Å²) in [5.41, 5.74) is 3.06. The third kappa shape index (κ3) is 5.77. The zero-order chi connectivity index (χ0) is 24.3. The Hall–Kier alpha value is -2.06. The van der Waals surface area contributed by atoms with Gasteiger partial charge in [0.2, 0.25) is 0 Å². The average molecular weight is 488 g/mol. The first-order chi connectivity index (χ1) is 16.2. The highest BCUT2D eigenvalue weighted by Crippen LogP contribution is 2.57. The second-order valence-electron chi connectivity index (χ2n) is 9.93. The molecule has 2 aliphatic rings. The lowest BCUT2D eigenvalue weighted by Crippen LogP contribution is -2.33. The predicted molar refractivity (Wildman–Crippen MR) is 135 cm³/mol. The Kier molecular flexibility index (Phi) is 7.87. The molecule has 2 aromatic carbocycles. The van der Waals surface area contributed by atoms with E-state index in [4.69, 9.17) is 4.74 Å². The minimum absolute atomic E-state index is 0.0371. The van der Waals surface area contributed by atoms with Crippen LogP contribution < -0.4 is 4.74 Å². The van der Waals surface area contributed by atoms with Crippen LogP contribution in [-0.2, 0) is 11.3 Å². The normalized spacial score (nSPS) is 22.4. The molecule has 0 aromatic heterocycles. The Bertz CT molecular complexity index is 1000. The van der Waals surface area contributed by atoms with Crippen LogP contribution in [0, 0.1) is 12.8 Å². The standard InChI is InChI=1S/C27H37NO5S/c1-19-11-13-22(23(16-27(29)30)14-12-21-7-3-4-8-21)15-24(19)18-28-17-20(2)33-25-9-5-6-10-26(25)34(28,31)32/h5-6,9-11,13,15,20-21,23,31-32H,3-4,7-8,12,14,16-18H2,1-2H3,(H,29,30). The van der Waals surface area contributed by atoms with Crippen molar-refractivity contribution in [3.05, 3.63) is 59.2 Å². The van der Waals surface area contributed by atoms with Gasteiger partial charge in [0.05, 0.1) is 13.0 Å². The van der Waals surface area contributed by atoms with E-state index >= 15 is 0 Å². The maximum atomic E-state index is 11.6. The summed E-state index contributed by atoms with van der Waals surface area (Å²) in [5.74, 6) is 0.414. The second kappa shape index (κ2) is 10.7. The van der Waals surface area contributed by atoms with Crippen LogP contribution in [0.2, 0.25) is 0 Å². The van der Waals surface area contributed by atoms with E-state index in [1.165, 1.54) is 25.7 Å². The predicted octanol–water partition coefficient (Wildman–Crippen LogP) is 6.83. The van der Waals surface area contributed by atoms with Crippen LogP contribution in [0.5, 0.6) is 5.75 Å². The van der Waals surface area contributed by atoms with Gasteiger partial charge in [-0.2, -0.15) is 4.31 Å². The summed E-state index contributed by atoms with van der Waals surface area (Å²) in [5, 5.41) is 9.56. The fourth-order valence-electron chi connectivity index (χ4n) is 5.35. The van der Waals surface area contributed by atoms with Gasteiger partial charge in [0.25, 0.3) is 0 Å². The van der Waals surface area contributed by atoms with Gasteiger partial charge < -0.3 is 9.84 Å². The molecule has 186 valence electrons. The number of para-hydroxylation sites is 1. The van der Waals surface area contributed by atoms with E-state index < -0.39 is 16.7 Å². The van der Waals surface area contributed by atoms with E-state index in [1.54, 1.807) is 22.5 Å². The highest BCUT2D eigenvalue weighted by atomic mass is 32.3. The van der Waals surface area contributed by atoms with Crippen molar-refractivity contribution < 1.29 is 23.7 Å². The highest BCUT2D eigenvalue weighted by molar-refractivity contribution is 8.22. The molecule has 1 heterocycles. The van der Waals surface area contributed by atoms with Gasteiger partial charge in [-0.3, -0.25) is 13.9 Å². The molecule has 1 aliphatic carbocycles. The molecule has 2 atom stereocenters. The van der Waals surface area contributed by atoms with Crippen LogP contribution in [0.25, 0.3) is 0 Å². The number of nitrogens with zero attached hydrogens (tertiary/aromatic N) is 1. The number of carbonyl (C=O) groups is 1. The zero-order valence-electron chi connectivity index (χ0n) is 20.2. The molecule has 6 nitrogen and oxygen atoms in total. The molecule has 1 fully saturated rings. The molecule has 1 saturated carbocycles. The smallest absolute Gasteiger partial charge is 0.303 e. The lowest BCUT2D eigenvalue weighted by atomic mass is 9.86. The van der Waals surface area contributed by atoms with Crippen LogP contribution >= 0.6 is 10.8 Å². The number of hydrogen-bond donors (Lipinski definition) is 3. The van der Waals surface area contributed by atoms with Crippen LogP contribution in [-0.4, -0.2) is 37.1 Å². The number of aliphatic carboxylic acids is 1. The van der Waals surface area contributed by atoms with Crippen molar-refractivity contribution in [2.45, 2.75) is 82.3 Å². The van der Waals surface area contributed by atoms with E-state index in [1.807, 2.05) is 32.0 Å². The maximum Gasteiger partial charge on any atom is 0.303 e. The van der Waals surface area contributed by atoms with Gasteiger partial charge in [-0.05, 0) is 67.3 Å². The Balaban J connectivity index is 1.58. The van der Waals surface area contributed by atoms with E-state index in [0.717, 1.165) is 29.5 Å². The number of hydrogen-bond acceptors (Lipinski definition) is 5. The molecule has 1 aliphatic heterocycles. The first-order valence-corrected chi connectivity index (χ1v) is 13.8. The summed E-state index contributed by atoms with van der Waals surface area (Å²) in [6, 6.07) is 13.3. The number of aryl methyl sites for hydroxylation is 1. The van der Waals surface area contributed by atoms with Gasteiger partial charge >= 0.3 is 5.97 Å². The van der Waals surface area contributed by atoms with E-state index in [-0.39, 0.29) is 18.4 Å². The molecule has 0 bridgehead atoms. The number of ether oxygens (including phenoxy) is 1. The molecule has 3 N–H and O–H groups in total. The van der Waals surface area contributed by atoms with Crippen molar-refractivity contribution in [1.29, 1.82) is 0 Å². The molecule has 0 spiro atoms. The number of benzene rings is 2. The SMILES string of the molecule is Cc1ccc(C(CCC2CCCC2)CC(=O)O)cc1CN1CC(C)Oc2ccccc2S1(O)O.